The van der Waals surface area contributed by atoms with Gasteiger partial charge in [0.15, 0.2) is 0 Å². The lowest BCUT2D eigenvalue weighted by Gasteiger charge is -2.09. The highest BCUT2D eigenvalue weighted by Gasteiger charge is 2.02. The topological polar surface area (TPSA) is 47.0 Å². The van der Waals surface area contributed by atoms with E-state index in [9.17, 15) is 0 Å². The van der Waals surface area contributed by atoms with Gasteiger partial charge in [0.25, 0.3) is 0 Å². The lowest BCUT2D eigenvalue weighted by molar-refractivity contribution is 0.316. The first kappa shape index (κ1) is 13.5. The molecule has 0 radical (unpaired) electrons. The predicted molar refractivity (Wildman–Crippen MR) is 83.2 cm³/mol. The van der Waals surface area contributed by atoms with Crippen molar-refractivity contribution < 1.29 is 4.74 Å². The Morgan fingerprint density at radius 3 is 2.81 bits per heavy atom. The lowest BCUT2D eigenvalue weighted by Crippen LogP contribution is -2.20. The molecule has 0 atom stereocenters. The van der Waals surface area contributed by atoms with Gasteiger partial charge in [-0.3, -0.25) is 9.97 Å². The van der Waals surface area contributed by atoms with Crippen LogP contribution in [0.4, 0.5) is 0 Å². The molecule has 0 aliphatic rings. The summed E-state index contributed by atoms with van der Waals surface area (Å²) >= 11 is 0. The van der Waals surface area contributed by atoms with Gasteiger partial charge < -0.3 is 10.1 Å². The number of rotatable bonds is 6. The summed E-state index contributed by atoms with van der Waals surface area (Å²) in [7, 11) is 0. The van der Waals surface area contributed by atoms with Crippen molar-refractivity contribution in [2.24, 2.45) is 0 Å². The SMILES string of the molecule is c1cncc(CNCCOc2cccc3cccnc23)c1. The van der Waals surface area contributed by atoms with Crippen LogP contribution in [0.5, 0.6) is 5.75 Å². The van der Waals surface area contributed by atoms with Crippen molar-refractivity contribution in [3.05, 3.63) is 66.6 Å². The van der Waals surface area contributed by atoms with E-state index in [4.69, 9.17) is 4.74 Å². The molecule has 0 fully saturated rings. The van der Waals surface area contributed by atoms with Crippen molar-refractivity contribution in [1.29, 1.82) is 0 Å². The Balaban J connectivity index is 1.51. The predicted octanol–water partition coefficient (Wildman–Crippen LogP) is 2.80. The van der Waals surface area contributed by atoms with E-state index in [1.54, 1.807) is 12.4 Å². The fraction of sp³-hybridized carbons (Fsp3) is 0.176. The maximum absolute atomic E-state index is 5.82. The van der Waals surface area contributed by atoms with Gasteiger partial charge in [-0.1, -0.05) is 24.3 Å². The molecule has 0 aliphatic heterocycles. The summed E-state index contributed by atoms with van der Waals surface area (Å²) in [6.45, 7) is 2.18. The Hall–Kier alpha value is -2.46. The molecule has 0 bridgehead atoms. The summed E-state index contributed by atoms with van der Waals surface area (Å²) in [5.41, 5.74) is 2.08. The Bertz CT molecular complexity index is 695. The molecule has 0 spiro atoms. The van der Waals surface area contributed by atoms with Crippen LogP contribution in [0.2, 0.25) is 0 Å². The summed E-state index contributed by atoms with van der Waals surface area (Å²) < 4.78 is 5.82. The second-order valence-corrected chi connectivity index (χ2v) is 4.72. The molecule has 0 unspecified atom stereocenters. The van der Waals surface area contributed by atoms with Crippen molar-refractivity contribution in [1.82, 2.24) is 15.3 Å². The van der Waals surface area contributed by atoms with Crippen LogP contribution in [0.3, 0.4) is 0 Å². The first-order valence-corrected chi connectivity index (χ1v) is 7.00. The summed E-state index contributed by atoms with van der Waals surface area (Å²) in [5.74, 6) is 0.830. The number of ether oxygens (including phenoxy) is 1. The summed E-state index contributed by atoms with van der Waals surface area (Å²) in [4.78, 5) is 8.46. The van der Waals surface area contributed by atoms with Gasteiger partial charge in [-0.2, -0.15) is 0 Å². The van der Waals surface area contributed by atoms with Crippen molar-refractivity contribution in [3.63, 3.8) is 0 Å². The number of nitrogens with zero attached hydrogens (tertiary/aromatic N) is 2. The Morgan fingerprint density at radius 2 is 1.90 bits per heavy atom. The van der Waals surface area contributed by atoms with Crippen molar-refractivity contribution >= 4 is 10.9 Å². The molecule has 2 aromatic heterocycles. The molecule has 0 aliphatic carbocycles. The van der Waals surface area contributed by atoms with E-state index in [-0.39, 0.29) is 0 Å². The Morgan fingerprint density at radius 1 is 1.00 bits per heavy atom. The third-order valence-corrected chi connectivity index (χ3v) is 3.18. The highest BCUT2D eigenvalue weighted by Crippen LogP contribution is 2.22. The fourth-order valence-electron chi connectivity index (χ4n) is 2.16. The maximum Gasteiger partial charge on any atom is 0.145 e. The number of fused-ring (bicyclic) bond motifs is 1. The van der Waals surface area contributed by atoms with Crippen LogP contribution in [-0.2, 0) is 6.54 Å². The van der Waals surface area contributed by atoms with E-state index in [1.807, 2.05) is 42.6 Å². The fourth-order valence-corrected chi connectivity index (χ4v) is 2.16. The Labute approximate surface area is 123 Å². The van der Waals surface area contributed by atoms with Crippen molar-refractivity contribution in [2.75, 3.05) is 13.2 Å². The van der Waals surface area contributed by atoms with E-state index in [0.29, 0.717) is 6.61 Å². The molecule has 4 nitrogen and oxygen atoms in total. The second-order valence-electron chi connectivity index (χ2n) is 4.72. The Kier molecular flexibility index (Phi) is 4.39. The highest BCUT2D eigenvalue weighted by molar-refractivity contribution is 5.84. The minimum absolute atomic E-state index is 0.607. The van der Waals surface area contributed by atoms with E-state index < -0.39 is 0 Å². The van der Waals surface area contributed by atoms with E-state index >= 15 is 0 Å². The second kappa shape index (κ2) is 6.81. The monoisotopic (exact) mass is 279 g/mol. The molecular weight excluding hydrogens is 262 g/mol. The number of pyridine rings is 2. The van der Waals surface area contributed by atoms with Crippen LogP contribution < -0.4 is 10.1 Å². The molecule has 1 aromatic carbocycles. The molecule has 0 amide bonds. The molecule has 3 rings (SSSR count). The molecule has 0 saturated heterocycles. The van der Waals surface area contributed by atoms with Crippen LogP contribution in [0.15, 0.2) is 61.1 Å². The van der Waals surface area contributed by atoms with Crippen LogP contribution in [0.25, 0.3) is 10.9 Å². The quantitative estimate of drug-likeness (QED) is 0.705. The van der Waals surface area contributed by atoms with Crippen LogP contribution in [0.1, 0.15) is 5.56 Å². The first-order chi connectivity index (χ1) is 10.4. The van der Waals surface area contributed by atoms with Crippen molar-refractivity contribution in [2.45, 2.75) is 6.54 Å². The lowest BCUT2D eigenvalue weighted by atomic mass is 10.2. The summed E-state index contributed by atoms with van der Waals surface area (Å²) in [5, 5.41) is 4.43. The summed E-state index contributed by atoms with van der Waals surface area (Å²) in [6, 6.07) is 13.9. The zero-order valence-electron chi connectivity index (χ0n) is 11.7. The molecule has 0 saturated carbocycles. The van der Waals surface area contributed by atoms with Crippen LogP contribution >= 0.6 is 0 Å². The molecule has 3 aromatic rings. The van der Waals surface area contributed by atoms with Gasteiger partial charge in [0, 0.05) is 37.1 Å². The number of nitrogens with one attached hydrogen (secondary N) is 1. The van der Waals surface area contributed by atoms with Gasteiger partial charge in [-0.25, -0.2) is 0 Å². The van der Waals surface area contributed by atoms with Gasteiger partial charge in [0.05, 0.1) is 0 Å². The zero-order valence-corrected chi connectivity index (χ0v) is 11.7. The number of hydrogen-bond donors (Lipinski definition) is 1. The standard InChI is InChI=1S/C17H17N3O/c1-5-15-6-3-9-20-17(15)16(7-1)21-11-10-19-13-14-4-2-8-18-12-14/h1-9,12,19H,10-11,13H2. The van der Waals surface area contributed by atoms with Gasteiger partial charge in [-0.15, -0.1) is 0 Å². The number of hydrogen-bond acceptors (Lipinski definition) is 4. The average Bonchev–Trinajstić information content (AvgIpc) is 2.56. The molecule has 2 heterocycles. The average molecular weight is 279 g/mol. The zero-order chi connectivity index (χ0) is 14.3. The molecule has 4 heteroatoms. The molecule has 106 valence electrons. The largest absolute Gasteiger partial charge is 0.490 e. The highest BCUT2D eigenvalue weighted by atomic mass is 16.5. The van der Waals surface area contributed by atoms with E-state index in [1.165, 1.54) is 5.56 Å². The molecular formula is C17H17N3O. The number of aromatic nitrogens is 2. The number of benzene rings is 1. The third-order valence-electron chi connectivity index (χ3n) is 3.18. The van der Waals surface area contributed by atoms with Gasteiger partial charge in [-0.05, 0) is 23.8 Å². The third kappa shape index (κ3) is 3.55. The van der Waals surface area contributed by atoms with Gasteiger partial charge >= 0.3 is 0 Å². The molecule has 1 N–H and O–H groups in total. The van der Waals surface area contributed by atoms with Gasteiger partial charge in [0.2, 0.25) is 0 Å². The minimum atomic E-state index is 0.607. The van der Waals surface area contributed by atoms with E-state index in [2.05, 4.69) is 21.4 Å². The van der Waals surface area contributed by atoms with E-state index in [0.717, 1.165) is 29.7 Å². The normalized spacial score (nSPS) is 10.7. The summed E-state index contributed by atoms with van der Waals surface area (Å²) in [6.07, 6.45) is 5.43. The first-order valence-electron chi connectivity index (χ1n) is 7.00. The van der Waals surface area contributed by atoms with Crippen molar-refractivity contribution in [3.8, 4) is 5.75 Å². The maximum atomic E-state index is 5.82. The van der Waals surface area contributed by atoms with Crippen LogP contribution in [-0.4, -0.2) is 23.1 Å². The number of para-hydroxylation sites is 1. The molecule has 21 heavy (non-hydrogen) atoms. The van der Waals surface area contributed by atoms with Gasteiger partial charge in [0.1, 0.15) is 17.9 Å². The smallest absolute Gasteiger partial charge is 0.145 e. The van der Waals surface area contributed by atoms with Crippen LogP contribution in [0, 0.1) is 0 Å². The minimum Gasteiger partial charge on any atom is -0.490 e.